The zero-order valence-corrected chi connectivity index (χ0v) is 31.8. The third-order valence-electron chi connectivity index (χ3n) is 9.91. The number of phenols is 4. The second-order valence-corrected chi connectivity index (χ2v) is 17.4. The molecule has 2 aromatic heterocycles. The quantitative estimate of drug-likeness (QED) is 0.163. The van der Waals surface area contributed by atoms with Crippen LogP contribution in [0.15, 0.2) is 167 Å². The first-order chi connectivity index (χ1) is 25.9. The van der Waals surface area contributed by atoms with Crippen molar-refractivity contribution in [3.8, 4) is 23.0 Å². The molecule has 9 heteroatoms. The van der Waals surface area contributed by atoms with Crippen molar-refractivity contribution in [2.75, 3.05) is 0 Å². The van der Waals surface area contributed by atoms with Crippen molar-refractivity contribution in [1.82, 2.24) is 4.75 Å². The molecule has 6 bridgehead atoms. The number of allylic oxidation sites excluding steroid dienone is 4. The molecule has 0 unspecified atom stereocenters. The van der Waals surface area contributed by atoms with Gasteiger partial charge in [-0.3, -0.25) is 0 Å². The van der Waals surface area contributed by atoms with Gasteiger partial charge in [0.1, 0.15) is 0 Å². The standard InChI is InChI=1S/C44H28N4O4.Pb/c49-29-9-1-25(2-10-29)41-33-17-19-35(45-33)42(26-3-11-30(50)12-4-26)37-21-23-39(47-37)44(28-7-15-32(52)16-8-28)40-24-22-38(48-40)43(36-20-18-34(41)46-36)27-5-13-31(51)14-6-27;/h1-24H,(H4-2,45,46,47,48,49,50,51,52);/q-2;+2. The van der Waals surface area contributed by atoms with Gasteiger partial charge in [0.2, 0.25) is 0 Å². The summed E-state index contributed by atoms with van der Waals surface area (Å²) in [7, 11) is 0. The zero-order valence-electron chi connectivity index (χ0n) is 27.9. The van der Waals surface area contributed by atoms with Crippen molar-refractivity contribution in [3.63, 3.8) is 0 Å². The van der Waals surface area contributed by atoms with E-state index in [1.54, 1.807) is 48.5 Å². The molecule has 10 rings (SSSR count). The summed E-state index contributed by atoms with van der Waals surface area (Å²) in [4.78, 5) is 10.7. The second kappa shape index (κ2) is 12.1. The first-order valence-electron chi connectivity index (χ1n) is 17.1. The normalized spacial score (nSPS) is 15.6. The van der Waals surface area contributed by atoms with E-state index in [0.717, 1.165) is 89.4 Å². The number of fused-ring (bicyclic) bond motifs is 2. The van der Waals surface area contributed by atoms with Gasteiger partial charge in [-0.2, -0.15) is 0 Å². The van der Waals surface area contributed by atoms with Gasteiger partial charge in [0, 0.05) is 0 Å². The van der Waals surface area contributed by atoms with Crippen molar-refractivity contribution in [2.45, 2.75) is 0 Å². The first kappa shape index (κ1) is 31.3. The summed E-state index contributed by atoms with van der Waals surface area (Å²) < 4.78 is 4.97. The van der Waals surface area contributed by atoms with Gasteiger partial charge in [-0.15, -0.1) is 0 Å². The fourth-order valence-electron chi connectivity index (χ4n) is 7.47. The Balaban J connectivity index is 1.41. The summed E-state index contributed by atoms with van der Waals surface area (Å²) in [5.41, 5.74) is 12.7. The molecule has 4 aliphatic rings. The van der Waals surface area contributed by atoms with Gasteiger partial charge in [-0.05, 0) is 0 Å². The zero-order chi connectivity index (χ0) is 35.8. The van der Waals surface area contributed by atoms with Gasteiger partial charge >= 0.3 is 318 Å². The number of hydrogen-bond donors (Lipinski definition) is 4. The van der Waals surface area contributed by atoms with E-state index in [2.05, 4.69) is 53.3 Å². The summed E-state index contributed by atoms with van der Waals surface area (Å²) in [6.07, 6.45) is 8.24. The maximum atomic E-state index is 10.3. The Morgan fingerprint density at radius 2 is 0.698 bits per heavy atom. The van der Waals surface area contributed by atoms with E-state index in [1.807, 2.05) is 48.5 Å². The van der Waals surface area contributed by atoms with Crippen LogP contribution < -0.4 is 10.7 Å². The SMILES string of the molecule is Oc1ccc(C2=C3C=CC(=N3)C(c3ccc(O)cc3)=c3ccc4[n]3[Pb][n]3c2ccc3C(c2ccc(O)cc2)=C2C=CC(=N2)C=4c2ccc(O)cc2)cc1. The summed E-state index contributed by atoms with van der Waals surface area (Å²) in [5.74, 6) is 0.739. The number of nitrogens with zero attached hydrogens (tertiary/aromatic N) is 4. The van der Waals surface area contributed by atoms with Gasteiger partial charge in [-0.1, -0.05) is 0 Å². The first-order valence-corrected chi connectivity index (χ1v) is 20.5. The molecule has 6 heterocycles. The molecular formula is C44H28N4O4Pb. The number of aliphatic imine (C=N–C) groups is 2. The molecule has 4 N–H and O–H groups in total. The van der Waals surface area contributed by atoms with E-state index in [-0.39, 0.29) is 23.0 Å². The summed E-state index contributed by atoms with van der Waals surface area (Å²) in [6.45, 7) is 0. The third kappa shape index (κ3) is 5.16. The molecule has 4 aromatic carbocycles. The summed E-state index contributed by atoms with van der Waals surface area (Å²) in [6, 6.07) is 37.8. The average Bonchev–Trinajstić information content (AvgIpc) is 3.99. The average molecular weight is 884 g/mol. The van der Waals surface area contributed by atoms with Crippen LogP contribution in [0.4, 0.5) is 0 Å². The Labute approximate surface area is 316 Å². The number of aromatic nitrogens is 2. The molecule has 0 amide bonds. The van der Waals surface area contributed by atoms with Crippen LogP contribution in [-0.4, -0.2) is 61.4 Å². The van der Waals surface area contributed by atoms with Crippen molar-refractivity contribution in [1.29, 1.82) is 0 Å². The van der Waals surface area contributed by atoms with E-state index in [9.17, 15) is 20.4 Å². The minimum absolute atomic E-state index is 0.185. The van der Waals surface area contributed by atoms with Crippen molar-refractivity contribution in [2.24, 2.45) is 9.98 Å². The van der Waals surface area contributed by atoms with Crippen LogP contribution >= 0.6 is 0 Å². The van der Waals surface area contributed by atoms with Crippen molar-refractivity contribution < 1.29 is 20.4 Å². The molecule has 252 valence electrons. The summed E-state index contributed by atoms with van der Waals surface area (Å²) in [5, 5.41) is 43.2. The van der Waals surface area contributed by atoms with E-state index >= 15 is 0 Å². The molecule has 2 radical (unpaired) electrons. The van der Waals surface area contributed by atoms with Gasteiger partial charge in [0.15, 0.2) is 0 Å². The molecule has 8 nitrogen and oxygen atoms in total. The Morgan fingerprint density at radius 1 is 0.358 bits per heavy atom. The van der Waals surface area contributed by atoms with Gasteiger partial charge in [0.05, 0.1) is 0 Å². The molecule has 0 saturated carbocycles. The topological polar surface area (TPSA) is 116 Å². The molecule has 6 aromatic rings. The fraction of sp³-hybridized carbons (Fsp3) is 0. The van der Waals surface area contributed by atoms with Crippen LogP contribution in [0.1, 0.15) is 33.6 Å². The van der Waals surface area contributed by atoms with E-state index < -0.39 is 24.8 Å². The monoisotopic (exact) mass is 884 g/mol. The molecule has 0 spiro atoms. The number of aromatic hydroxyl groups is 4. The van der Waals surface area contributed by atoms with Crippen molar-refractivity contribution >= 4 is 58.5 Å². The van der Waals surface area contributed by atoms with Crippen LogP contribution in [0.3, 0.4) is 0 Å². The number of phenolic OH excluding ortho intramolecular Hbond substituents is 4. The Bertz CT molecular complexity index is 2660. The minimum atomic E-state index is -2.27. The fourth-order valence-corrected chi connectivity index (χ4v) is 12.8. The van der Waals surface area contributed by atoms with Gasteiger partial charge in [0.25, 0.3) is 0 Å². The number of hydrogen-bond acceptors (Lipinski definition) is 6. The van der Waals surface area contributed by atoms with Crippen LogP contribution in [0.2, 0.25) is 0 Å². The van der Waals surface area contributed by atoms with Crippen LogP contribution in [0.25, 0.3) is 22.3 Å². The van der Waals surface area contributed by atoms with Crippen LogP contribution in [-0.2, 0) is 0 Å². The third-order valence-corrected chi connectivity index (χ3v) is 15.2. The van der Waals surface area contributed by atoms with Gasteiger partial charge < -0.3 is 0 Å². The molecule has 0 fully saturated rings. The van der Waals surface area contributed by atoms with Crippen molar-refractivity contribution in [3.05, 3.63) is 201 Å². The Hall–Kier alpha value is -6.40. The maximum absolute atomic E-state index is 10.3. The second-order valence-electron chi connectivity index (χ2n) is 13.1. The molecule has 53 heavy (non-hydrogen) atoms. The van der Waals surface area contributed by atoms with E-state index in [1.165, 1.54) is 0 Å². The number of rotatable bonds is 4. The molecular weight excluding hydrogens is 856 g/mol. The van der Waals surface area contributed by atoms with Crippen LogP contribution in [0, 0.1) is 0 Å². The molecule has 0 saturated heterocycles. The molecule has 0 atom stereocenters. The van der Waals surface area contributed by atoms with E-state index in [0.29, 0.717) is 0 Å². The molecule has 4 aliphatic heterocycles. The van der Waals surface area contributed by atoms with Crippen LogP contribution in [0.5, 0.6) is 23.0 Å². The predicted octanol–water partition coefficient (Wildman–Crippen LogP) is 6.01. The summed E-state index contributed by atoms with van der Waals surface area (Å²) >= 11 is -2.27. The Kier molecular flexibility index (Phi) is 7.15. The molecule has 0 aliphatic carbocycles. The number of benzene rings is 4. The van der Waals surface area contributed by atoms with Gasteiger partial charge in [-0.25, -0.2) is 0 Å². The Morgan fingerprint density at radius 3 is 1.06 bits per heavy atom. The van der Waals surface area contributed by atoms with E-state index in [4.69, 9.17) is 9.98 Å². The predicted molar refractivity (Wildman–Crippen MR) is 207 cm³/mol.